The fourth-order valence-electron chi connectivity index (χ4n) is 3.51. The predicted molar refractivity (Wildman–Crippen MR) is 102 cm³/mol. The molecule has 0 atom stereocenters. The van der Waals surface area contributed by atoms with E-state index in [1.165, 1.54) is 0 Å². The lowest BCUT2D eigenvalue weighted by Crippen LogP contribution is -2.40. The summed E-state index contributed by atoms with van der Waals surface area (Å²) in [4.78, 5) is 19.0. The number of hydrogen-bond donors (Lipinski definition) is 1. The predicted octanol–water partition coefficient (Wildman–Crippen LogP) is 3.10. The van der Waals surface area contributed by atoms with Crippen molar-refractivity contribution in [3.05, 3.63) is 58.9 Å². The van der Waals surface area contributed by atoms with Gasteiger partial charge < -0.3 is 10.2 Å². The van der Waals surface area contributed by atoms with Crippen LogP contribution in [0.2, 0.25) is 0 Å². The van der Waals surface area contributed by atoms with Crippen LogP contribution in [0, 0.1) is 31.1 Å². The minimum absolute atomic E-state index is 0.0320. The fraction of sp³-hybridized carbons (Fsp3) is 0.381. The molecule has 0 spiro atoms. The van der Waals surface area contributed by atoms with E-state index in [0.717, 1.165) is 48.6 Å². The second-order valence-electron chi connectivity index (χ2n) is 6.82. The normalized spacial score (nSPS) is 14.7. The molecule has 5 nitrogen and oxygen atoms in total. The van der Waals surface area contributed by atoms with E-state index in [0.29, 0.717) is 12.1 Å². The van der Waals surface area contributed by atoms with Gasteiger partial charge in [-0.3, -0.25) is 9.78 Å². The average Bonchev–Trinajstić information content (AvgIpc) is 2.66. The molecular formula is C21H24N4O. The molecule has 134 valence electrons. The molecule has 26 heavy (non-hydrogen) atoms. The van der Waals surface area contributed by atoms with E-state index in [4.69, 9.17) is 0 Å². The molecule has 3 rings (SSSR count). The van der Waals surface area contributed by atoms with Crippen LogP contribution in [0.25, 0.3) is 0 Å². The number of rotatable bonds is 4. The van der Waals surface area contributed by atoms with Crippen LogP contribution in [0.4, 0.5) is 5.69 Å². The number of benzene rings is 1. The summed E-state index contributed by atoms with van der Waals surface area (Å²) in [5.41, 5.74) is 4.38. The lowest BCUT2D eigenvalue weighted by molar-refractivity contribution is -0.125. The number of piperidine rings is 1. The first-order valence-corrected chi connectivity index (χ1v) is 9.03. The highest BCUT2D eigenvalue weighted by atomic mass is 16.1. The molecule has 0 aliphatic carbocycles. The van der Waals surface area contributed by atoms with E-state index >= 15 is 0 Å². The van der Waals surface area contributed by atoms with Crippen LogP contribution in [0.5, 0.6) is 0 Å². The zero-order valence-corrected chi connectivity index (χ0v) is 15.3. The number of pyridine rings is 1. The summed E-state index contributed by atoms with van der Waals surface area (Å²) >= 11 is 0. The van der Waals surface area contributed by atoms with Gasteiger partial charge in [-0.2, -0.15) is 5.26 Å². The van der Waals surface area contributed by atoms with Crippen LogP contribution in [0.15, 0.2) is 36.4 Å². The fourth-order valence-corrected chi connectivity index (χ4v) is 3.51. The van der Waals surface area contributed by atoms with Gasteiger partial charge in [-0.1, -0.05) is 30.3 Å². The molecule has 0 saturated carbocycles. The molecule has 2 heterocycles. The van der Waals surface area contributed by atoms with E-state index < -0.39 is 0 Å². The van der Waals surface area contributed by atoms with Gasteiger partial charge in [-0.05, 0) is 38.3 Å². The van der Waals surface area contributed by atoms with Crippen LogP contribution in [-0.4, -0.2) is 24.0 Å². The van der Waals surface area contributed by atoms with Crippen LogP contribution in [-0.2, 0) is 11.3 Å². The Kier molecular flexibility index (Phi) is 5.52. The molecule has 1 fully saturated rings. The average molecular weight is 348 g/mol. The quantitative estimate of drug-likeness (QED) is 0.922. The number of amides is 1. The molecule has 1 saturated heterocycles. The zero-order chi connectivity index (χ0) is 18.5. The lowest BCUT2D eigenvalue weighted by Gasteiger charge is -2.33. The van der Waals surface area contributed by atoms with Gasteiger partial charge >= 0.3 is 0 Å². The number of aryl methyl sites for hydroxylation is 2. The number of anilines is 1. The van der Waals surface area contributed by atoms with E-state index in [9.17, 15) is 10.1 Å². The Bertz CT molecular complexity index is 818. The smallest absolute Gasteiger partial charge is 0.223 e. The number of carbonyl (C=O) groups is 1. The maximum Gasteiger partial charge on any atom is 0.223 e. The summed E-state index contributed by atoms with van der Waals surface area (Å²) in [6, 6.07) is 14.2. The molecule has 1 aliphatic heterocycles. The van der Waals surface area contributed by atoms with Crippen LogP contribution < -0.4 is 10.2 Å². The van der Waals surface area contributed by atoms with Crippen molar-refractivity contribution in [1.29, 1.82) is 5.26 Å². The molecule has 0 unspecified atom stereocenters. The highest BCUT2D eigenvalue weighted by Gasteiger charge is 2.26. The molecule has 5 heteroatoms. The lowest BCUT2D eigenvalue weighted by atomic mass is 9.94. The third kappa shape index (κ3) is 4.02. The number of aromatic nitrogens is 1. The number of carbonyl (C=O) groups excluding carboxylic acids is 1. The monoisotopic (exact) mass is 348 g/mol. The van der Waals surface area contributed by atoms with Crippen molar-refractivity contribution in [2.24, 2.45) is 5.92 Å². The first-order valence-electron chi connectivity index (χ1n) is 9.03. The summed E-state index contributed by atoms with van der Waals surface area (Å²) in [7, 11) is 0. The highest BCUT2D eigenvalue weighted by molar-refractivity contribution is 5.79. The summed E-state index contributed by atoms with van der Waals surface area (Å²) in [5.74, 6) is 0.153. The Labute approximate surface area is 154 Å². The third-order valence-electron chi connectivity index (χ3n) is 4.94. The standard InChI is InChI=1S/C21H24N4O/c1-15-12-20(19(13-22)16(2)24-15)25-10-8-18(9-11-25)21(26)23-14-17-6-4-3-5-7-17/h3-7,12,18H,8-11,14H2,1-2H3,(H,23,26). The SMILES string of the molecule is Cc1cc(N2CCC(C(=O)NCc3ccccc3)CC2)c(C#N)c(C)n1. The Morgan fingerprint density at radius 1 is 1.27 bits per heavy atom. The number of nitriles is 1. The van der Waals surface area contributed by atoms with Gasteiger partial charge in [-0.15, -0.1) is 0 Å². The van der Waals surface area contributed by atoms with E-state index in [2.05, 4.69) is 21.3 Å². The molecule has 2 aromatic rings. The van der Waals surface area contributed by atoms with Gasteiger partial charge in [0.15, 0.2) is 0 Å². The van der Waals surface area contributed by atoms with Crippen molar-refractivity contribution in [1.82, 2.24) is 10.3 Å². The summed E-state index contributed by atoms with van der Waals surface area (Å²) < 4.78 is 0. The van der Waals surface area contributed by atoms with Gasteiger partial charge in [0.2, 0.25) is 5.91 Å². The van der Waals surface area contributed by atoms with Gasteiger partial charge in [0, 0.05) is 31.2 Å². The van der Waals surface area contributed by atoms with E-state index in [-0.39, 0.29) is 11.8 Å². The van der Waals surface area contributed by atoms with Gasteiger partial charge in [0.1, 0.15) is 6.07 Å². The zero-order valence-electron chi connectivity index (χ0n) is 15.3. The number of nitrogens with one attached hydrogen (secondary N) is 1. The van der Waals surface area contributed by atoms with Crippen molar-refractivity contribution < 1.29 is 4.79 Å². The second kappa shape index (κ2) is 8.01. The van der Waals surface area contributed by atoms with Gasteiger partial charge in [0.25, 0.3) is 0 Å². The minimum Gasteiger partial charge on any atom is -0.370 e. The minimum atomic E-state index is 0.0320. The summed E-state index contributed by atoms with van der Waals surface area (Å²) in [6.07, 6.45) is 1.60. The van der Waals surface area contributed by atoms with Crippen molar-refractivity contribution in [3.8, 4) is 6.07 Å². The van der Waals surface area contributed by atoms with Crippen LogP contribution in [0.1, 0.15) is 35.4 Å². The van der Waals surface area contributed by atoms with Crippen LogP contribution in [0.3, 0.4) is 0 Å². The molecular weight excluding hydrogens is 324 g/mol. The molecule has 1 aliphatic rings. The molecule has 0 bridgehead atoms. The summed E-state index contributed by atoms with van der Waals surface area (Å²) in [5, 5.41) is 12.5. The van der Waals surface area contributed by atoms with Crippen molar-refractivity contribution in [3.63, 3.8) is 0 Å². The van der Waals surface area contributed by atoms with E-state index in [1.54, 1.807) is 0 Å². The number of hydrogen-bond acceptors (Lipinski definition) is 4. The topological polar surface area (TPSA) is 69.0 Å². The first-order chi connectivity index (χ1) is 12.6. The van der Waals surface area contributed by atoms with Gasteiger partial charge in [0.05, 0.1) is 16.9 Å². The Hall–Kier alpha value is -2.87. The summed E-state index contributed by atoms with van der Waals surface area (Å²) in [6.45, 7) is 5.95. The molecule has 1 aromatic heterocycles. The maximum atomic E-state index is 12.5. The molecule has 1 N–H and O–H groups in total. The Balaban J connectivity index is 1.59. The molecule has 1 amide bonds. The van der Waals surface area contributed by atoms with Crippen molar-refractivity contribution in [2.75, 3.05) is 18.0 Å². The largest absolute Gasteiger partial charge is 0.370 e. The third-order valence-corrected chi connectivity index (χ3v) is 4.94. The Morgan fingerprint density at radius 2 is 1.96 bits per heavy atom. The second-order valence-corrected chi connectivity index (χ2v) is 6.82. The van der Waals surface area contributed by atoms with Gasteiger partial charge in [-0.25, -0.2) is 0 Å². The van der Waals surface area contributed by atoms with Crippen molar-refractivity contribution in [2.45, 2.75) is 33.2 Å². The maximum absolute atomic E-state index is 12.5. The van der Waals surface area contributed by atoms with Crippen molar-refractivity contribution >= 4 is 11.6 Å². The Morgan fingerprint density at radius 3 is 2.62 bits per heavy atom. The molecule has 0 radical (unpaired) electrons. The van der Waals surface area contributed by atoms with Crippen LogP contribution >= 0.6 is 0 Å². The first kappa shape index (κ1) is 17.9. The molecule has 1 aromatic carbocycles. The highest BCUT2D eigenvalue weighted by Crippen LogP contribution is 2.28. The van der Waals surface area contributed by atoms with E-state index in [1.807, 2.05) is 50.2 Å². The number of nitrogens with zero attached hydrogens (tertiary/aromatic N) is 3.